The summed E-state index contributed by atoms with van der Waals surface area (Å²) in [6.07, 6.45) is 4.65. The van der Waals surface area contributed by atoms with Crippen LogP contribution in [-0.4, -0.2) is 70.3 Å². The number of thioether (sulfide) groups is 1. The van der Waals surface area contributed by atoms with Crippen molar-refractivity contribution in [1.82, 2.24) is 19.9 Å². The zero-order valence-electron chi connectivity index (χ0n) is 13.7. The van der Waals surface area contributed by atoms with Gasteiger partial charge < -0.3 is 9.26 Å². The lowest BCUT2D eigenvalue weighted by molar-refractivity contribution is 0.0835. The summed E-state index contributed by atoms with van der Waals surface area (Å²) in [5.74, 6) is 4.08. The molecule has 0 spiro atoms. The van der Waals surface area contributed by atoms with Crippen molar-refractivity contribution in [2.75, 3.05) is 44.3 Å². The van der Waals surface area contributed by atoms with Gasteiger partial charge in [0.15, 0.2) is 5.82 Å². The minimum atomic E-state index is 0.0268. The Balaban J connectivity index is 1.26. The topological polar surface area (TPSA) is 54.6 Å². The highest BCUT2D eigenvalue weighted by Gasteiger charge is 2.27. The van der Waals surface area contributed by atoms with Crippen LogP contribution in [0.4, 0.5) is 0 Å². The van der Waals surface area contributed by atoms with Crippen molar-refractivity contribution in [2.45, 2.75) is 44.4 Å². The molecule has 0 bridgehead atoms. The van der Waals surface area contributed by atoms with Crippen LogP contribution in [0.3, 0.4) is 0 Å². The predicted molar refractivity (Wildman–Crippen MR) is 89.4 cm³/mol. The average molecular weight is 338 g/mol. The molecular formula is C16H26N4O2S. The molecule has 4 rings (SSSR count). The number of nitrogens with zero attached hydrogens (tertiary/aromatic N) is 4. The number of rotatable bonds is 4. The highest BCUT2D eigenvalue weighted by Crippen LogP contribution is 2.27. The molecule has 128 valence electrons. The van der Waals surface area contributed by atoms with Gasteiger partial charge in [0.2, 0.25) is 0 Å². The van der Waals surface area contributed by atoms with E-state index in [1.807, 2.05) is 0 Å². The zero-order chi connectivity index (χ0) is 15.5. The first kappa shape index (κ1) is 15.9. The minimum Gasteiger partial charge on any atom is -0.368 e. The van der Waals surface area contributed by atoms with Gasteiger partial charge in [-0.3, -0.25) is 9.80 Å². The molecule has 4 heterocycles. The largest absolute Gasteiger partial charge is 0.368 e. The van der Waals surface area contributed by atoms with Crippen LogP contribution in [0.15, 0.2) is 4.52 Å². The van der Waals surface area contributed by atoms with Gasteiger partial charge in [-0.05, 0) is 25.7 Å². The molecule has 7 heteroatoms. The number of hydrogen-bond acceptors (Lipinski definition) is 7. The third-order valence-corrected chi connectivity index (χ3v) is 6.12. The summed E-state index contributed by atoms with van der Waals surface area (Å²) >= 11 is 2.09. The lowest BCUT2D eigenvalue weighted by Crippen LogP contribution is -2.47. The van der Waals surface area contributed by atoms with E-state index in [1.165, 1.54) is 37.4 Å². The molecular weight excluding hydrogens is 312 g/mol. The Morgan fingerprint density at radius 3 is 2.65 bits per heavy atom. The van der Waals surface area contributed by atoms with Crippen LogP contribution in [0.2, 0.25) is 0 Å². The molecule has 0 radical (unpaired) electrons. The SMILES string of the molecule is C1COC(c2nc(CN3CCC(N4CCSCC4)CC3)no2)C1. The van der Waals surface area contributed by atoms with Crippen LogP contribution in [0.25, 0.3) is 0 Å². The van der Waals surface area contributed by atoms with Crippen molar-refractivity contribution in [3.05, 3.63) is 11.7 Å². The number of ether oxygens (including phenoxy) is 1. The van der Waals surface area contributed by atoms with Crippen LogP contribution < -0.4 is 0 Å². The van der Waals surface area contributed by atoms with Crippen molar-refractivity contribution in [3.63, 3.8) is 0 Å². The second-order valence-electron chi connectivity index (χ2n) is 6.71. The van der Waals surface area contributed by atoms with Crippen LogP contribution in [-0.2, 0) is 11.3 Å². The fourth-order valence-corrected chi connectivity index (χ4v) is 4.75. The van der Waals surface area contributed by atoms with Gasteiger partial charge in [-0.25, -0.2) is 0 Å². The Kier molecular flexibility index (Phi) is 5.18. The molecule has 3 fully saturated rings. The van der Waals surface area contributed by atoms with E-state index in [0.717, 1.165) is 50.9 Å². The van der Waals surface area contributed by atoms with Gasteiger partial charge in [0.1, 0.15) is 6.10 Å². The van der Waals surface area contributed by atoms with Crippen LogP contribution in [0, 0.1) is 0 Å². The quantitative estimate of drug-likeness (QED) is 0.831. The molecule has 0 saturated carbocycles. The Labute approximate surface area is 141 Å². The molecule has 1 aromatic heterocycles. The number of likely N-dealkylation sites (tertiary alicyclic amines) is 1. The summed E-state index contributed by atoms with van der Waals surface area (Å²) in [4.78, 5) is 9.69. The summed E-state index contributed by atoms with van der Waals surface area (Å²) in [5, 5.41) is 4.14. The third kappa shape index (κ3) is 3.90. The molecule has 23 heavy (non-hydrogen) atoms. The van der Waals surface area contributed by atoms with E-state index in [0.29, 0.717) is 5.89 Å². The Hall–Kier alpha value is -0.630. The molecule has 0 amide bonds. The van der Waals surface area contributed by atoms with Gasteiger partial charge in [-0.2, -0.15) is 16.7 Å². The molecule has 3 saturated heterocycles. The first-order valence-corrected chi connectivity index (χ1v) is 10.0. The number of hydrogen-bond donors (Lipinski definition) is 0. The fourth-order valence-electron chi connectivity index (χ4n) is 3.82. The van der Waals surface area contributed by atoms with Crippen molar-refractivity contribution in [1.29, 1.82) is 0 Å². The van der Waals surface area contributed by atoms with Gasteiger partial charge in [0.25, 0.3) is 5.89 Å². The van der Waals surface area contributed by atoms with Gasteiger partial charge >= 0.3 is 0 Å². The monoisotopic (exact) mass is 338 g/mol. The smallest absolute Gasteiger partial charge is 0.255 e. The van der Waals surface area contributed by atoms with Gasteiger partial charge in [0.05, 0.1) is 6.54 Å². The molecule has 3 aliphatic rings. The van der Waals surface area contributed by atoms with Gasteiger partial charge in [-0.15, -0.1) is 0 Å². The van der Waals surface area contributed by atoms with Gasteiger partial charge in [0, 0.05) is 50.3 Å². The third-order valence-electron chi connectivity index (χ3n) is 5.17. The zero-order valence-corrected chi connectivity index (χ0v) is 14.5. The normalized spacial score (nSPS) is 28.4. The molecule has 1 aromatic rings. The van der Waals surface area contributed by atoms with Crippen molar-refractivity contribution in [3.8, 4) is 0 Å². The Bertz CT molecular complexity index is 492. The van der Waals surface area contributed by atoms with Crippen molar-refractivity contribution < 1.29 is 9.26 Å². The highest BCUT2D eigenvalue weighted by atomic mass is 32.2. The Morgan fingerprint density at radius 2 is 1.91 bits per heavy atom. The maximum Gasteiger partial charge on any atom is 0.255 e. The van der Waals surface area contributed by atoms with E-state index in [2.05, 4.69) is 31.7 Å². The molecule has 6 nitrogen and oxygen atoms in total. The summed E-state index contributed by atoms with van der Waals surface area (Å²) in [7, 11) is 0. The minimum absolute atomic E-state index is 0.0268. The fraction of sp³-hybridized carbons (Fsp3) is 0.875. The molecule has 1 unspecified atom stereocenters. The predicted octanol–water partition coefficient (Wildman–Crippen LogP) is 1.93. The molecule has 0 aromatic carbocycles. The highest BCUT2D eigenvalue weighted by molar-refractivity contribution is 7.99. The maximum absolute atomic E-state index is 5.61. The van der Waals surface area contributed by atoms with Crippen LogP contribution >= 0.6 is 11.8 Å². The van der Waals surface area contributed by atoms with E-state index in [1.54, 1.807) is 0 Å². The first-order valence-electron chi connectivity index (χ1n) is 8.87. The molecule has 1 atom stereocenters. The van der Waals surface area contributed by atoms with Gasteiger partial charge in [-0.1, -0.05) is 5.16 Å². The van der Waals surface area contributed by atoms with Crippen LogP contribution in [0.5, 0.6) is 0 Å². The second-order valence-corrected chi connectivity index (χ2v) is 7.93. The van der Waals surface area contributed by atoms with Crippen molar-refractivity contribution >= 4 is 11.8 Å². The first-order chi connectivity index (χ1) is 11.4. The summed E-state index contributed by atoms with van der Waals surface area (Å²) in [6.45, 7) is 6.43. The second kappa shape index (κ2) is 7.51. The summed E-state index contributed by atoms with van der Waals surface area (Å²) in [5.41, 5.74) is 0. The molecule has 3 aliphatic heterocycles. The van der Waals surface area contributed by atoms with E-state index in [9.17, 15) is 0 Å². The van der Waals surface area contributed by atoms with E-state index >= 15 is 0 Å². The van der Waals surface area contributed by atoms with E-state index in [4.69, 9.17) is 9.26 Å². The summed E-state index contributed by atoms with van der Waals surface area (Å²) in [6, 6.07) is 0.778. The maximum atomic E-state index is 5.61. The van der Waals surface area contributed by atoms with E-state index in [-0.39, 0.29) is 6.10 Å². The number of piperidine rings is 1. The lowest BCUT2D eigenvalue weighted by Gasteiger charge is -2.39. The lowest BCUT2D eigenvalue weighted by atomic mass is 10.0. The van der Waals surface area contributed by atoms with E-state index < -0.39 is 0 Å². The van der Waals surface area contributed by atoms with Crippen LogP contribution in [0.1, 0.15) is 43.5 Å². The van der Waals surface area contributed by atoms with Crippen molar-refractivity contribution in [2.24, 2.45) is 0 Å². The molecule has 0 aliphatic carbocycles. The molecule has 0 N–H and O–H groups in total. The number of aromatic nitrogens is 2. The average Bonchev–Trinajstić information content (AvgIpc) is 3.28. The standard InChI is InChI=1S/C16H26N4O2S/c1-2-14(21-9-1)16-17-15(18-22-16)12-19-5-3-13(4-6-19)20-7-10-23-11-8-20/h13-14H,1-12H2. The Morgan fingerprint density at radius 1 is 1.09 bits per heavy atom. The summed E-state index contributed by atoms with van der Waals surface area (Å²) < 4.78 is 11.0.